The van der Waals surface area contributed by atoms with Crippen LogP contribution in [0.1, 0.15) is 27.2 Å². The summed E-state index contributed by atoms with van der Waals surface area (Å²) in [7, 11) is 0. The molecular formula is C12H22N2O5. The van der Waals surface area contributed by atoms with Crippen LogP contribution in [0.4, 0.5) is 4.79 Å². The van der Waals surface area contributed by atoms with Crippen molar-refractivity contribution < 1.29 is 24.2 Å². The van der Waals surface area contributed by atoms with E-state index in [1.807, 2.05) is 6.92 Å². The van der Waals surface area contributed by atoms with Crippen LogP contribution in [0, 0.1) is 0 Å². The van der Waals surface area contributed by atoms with Gasteiger partial charge < -0.3 is 19.6 Å². The second-order valence-corrected chi connectivity index (χ2v) is 3.92. The van der Waals surface area contributed by atoms with E-state index in [9.17, 15) is 14.4 Å². The predicted octanol–water partition coefficient (Wildman–Crippen LogP) is 0.788. The van der Waals surface area contributed by atoms with Gasteiger partial charge in [-0.1, -0.05) is 6.92 Å². The maximum Gasteiger partial charge on any atom is 0.325 e. The van der Waals surface area contributed by atoms with Gasteiger partial charge in [-0.25, -0.2) is 4.79 Å². The molecule has 0 fully saturated rings. The largest absolute Gasteiger partial charge is 0.480 e. The first-order valence-electron chi connectivity index (χ1n) is 6.37. The number of hydrogen-bond acceptors (Lipinski definition) is 4. The van der Waals surface area contributed by atoms with Crippen LogP contribution >= 0.6 is 0 Å². The summed E-state index contributed by atoms with van der Waals surface area (Å²) in [4.78, 5) is 36.7. The van der Waals surface area contributed by atoms with Crippen molar-refractivity contribution in [3.05, 3.63) is 0 Å². The number of urea groups is 1. The number of rotatable bonds is 8. The van der Waals surface area contributed by atoms with Crippen molar-refractivity contribution in [2.75, 3.05) is 32.8 Å². The molecule has 0 aliphatic carbocycles. The highest BCUT2D eigenvalue weighted by atomic mass is 16.5. The standard InChI is InChI=1S/C12H22N2O5/c1-4-7-14(8-10(15)16)12(18)13(5-2)9-11(17)19-6-3/h4-9H2,1-3H3,(H,15,16). The Morgan fingerprint density at radius 2 is 1.68 bits per heavy atom. The Kier molecular flexibility index (Phi) is 8.32. The Morgan fingerprint density at radius 3 is 2.11 bits per heavy atom. The fourth-order valence-corrected chi connectivity index (χ4v) is 1.55. The van der Waals surface area contributed by atoms with Crippen molar-refractivity contribution in [3.8, 4) is 0 Å². The van der Waals surface area contributed by atoms with Gasteiger partial charge in [-0.05, 0) is 20.3 Å². The number of hydrogen-bond donors (Lipinski definition) is 1. The topological polar surface area (TPSA) is 87.2 Å². The van der Waals surface area contributed by atoms with Crippen molar-refractivity contribution >= 4 is 18.0 Å². The molecule has 0 aliphatic heterocycles. The smallest absolute Gasteiger partial charge is 0.325 e. The maximum atomic E-state index is 12.1. The van der Waals surface area contributed by atoms with Gasteiger partial charge in [0.15, 0.2) is 0 Å². The van der Waals surface area contributed by atoms with Crippen LogP contribution in [0.3, 0.4) is 0 Å². The molecule has 0 aromatic carbocycles. The summed E-state index contributed by atoms with van der Waals surface area (Å²) in [5.41, 5.74) is 0. The number of nitrogens with zero attached hydrogens (tertiary/aromatic N) is 2. The first-order chi connectivity index (χ1) is 8.96. The number of likely N-dealkylation sites (N-methyl/N-ethyl adjacent to an activating group) is 1. The van der Waals surface area contributed by atoms with E-state index in [1.165, 1.54) is 9.80 Å². The van der Waals surface area contributed by atoms with Crippen LogP contribution in [0.15, 0.2) is 0 Å². The van der Waals surface area contributed by atoms with E-state index in [0.717, 1.165) is 0 Å². The minimum atomic E-state index is -1.08. The number of aliphatic carboxylic acids is 1. The minimum Gasteiger partial charge on any atom is -0.480 e. The molecule has 7 nitrogen and oxygen atoms in total. The minimum absolute atomic E-state index is 0.164. The third kappa shape index (κ3) is 6.64. The van der Waals surface area contributed by atoms with Gasteiger partial charge in [0.05, 0.1) is 6.61 Å². The highest BCUT2D eigenvalue weighted by Crippen LogP contribution is 2.01. The molecule has 1 N–H and O–H groups in total. The maximum absolute atomic E-state index is 12.1. The Labute approximate surface area is 113 Å². The van der Waals surface area contributed by atoms with Crippen molar-refractivity contribution in [1.29, 1.82) is 0 Å². The van der Waals surface area contributed by atoms with E-state index in [1.54, 1.807) is 13.8 Å². The molecule has 110 valence electrons. The van der Waals surface area contributed by atoms with Gasteiger partial charge in [0.2, 0.25) is 0 Å². The Balaban J connectivity index is 4.66. The van der Waals surface area contributed by atoms with E-state index in [2.05, 4.69) is 0 Å². The summed E-state index contributed by atoms with van der Waals surface area (Å²) < 4.78 is 4.78. The Hall–Kier alpha value is -1.79. The average Bonchev–Trinajstić information content (AvgIpc) is 2.34. The lowest BCUT2D eigenvalue weighted by atomic mass is 10.4. The van der Waals surface area contributed by atoms with Crippen molar-refractivity contribution in [2.24, 2.45) is 0 Å². The predicted molar refractivity (Wildman–Crippen MR) is 68.8 cm³/mol. The van der Waals surface area contributed by atoms with Gasteiger partial charge in [-0.2, -0.15) is 0 Å². The molecule has 19 heavy (non-hydrogen) atoms. The molecule has 0 aromatic heterocycles. The summed E-state index contributed by atoms with van der Waals surface area (Å²) >= 11 is 0. The highest BCUT2D eigenvalue weighted by molar-refractivity contribution is 5.83. The summed E-state index contributed by atoms with van der Waals surface area (Å²) in [5, 5.41) is 8.78. The van der Waals surface area contributed by atoms with E-state index < -0.39 is 18.0 Å². The number of esters is 1. The fourth-order valence-electron chi connectivity index (χ4n) is 1.55. The zero-order chi connectivity index (χ0) is 14.8. The monoisotopic (exact) mass is 274 g/mol. The molecule has 0 aromatic rings. The first kappa shape index (κ1) is 17.2. The Morgan fingerprint density at radius 1 is 1.05 bits per heavy atom. The molecule has 0 radical (unpaired) electrons. The van der Waals surface area contributed by atoms with Gasteiger partial charge in [0, 0.05) is 13.1 Å². The van der Waals surface area contributed by atoms with Crippen LogP contribution in [0.25, 0.3) is 0 Å². The fraction of sp³-hybridized carbons (Fsp3) is 0.750. The van der Waals surface area contributed by atoms with Crippen LogP contribution < -0.4 is 0 Å². The lowest BCUT2D eigenvalue weighted by Gasteiger charge is -2.28. The quantitative estimate of drug-likeness (QED) is 0.661. The van der Waals surface area contributed by atoms with E-state index in [-0.39, 0.29) is 19.7 Å². The molecule has 0 spiro atoms. The molecular weight excluding hydrogens is 252 g/mol. The van der Waals surface area contributed by atoms with Gasteiger partial charge in [-0.3, -0.25) is 9.59 Å². The normalized spacial score (nSPS) is 9.84. The summed E-state index contributed by atoms with van der Waals surface area (Å²) in [6, 6.07) is -0.459. The Bertz CT molecular complexity index is 319. The van der Waals surface area contributed by atoms with E-state index in [0.29, 0.717) is 19.5 Å². The van der Waals surface area contributed by atoms with Gasteiger partial charge in [0.25, 0.3) is 0 Å². The number of carboxylic acids is 1. The van der Waals surface area contributed by atoms with Gasteiger partial charge >= 0.3 is 18.0 Å². The lowest BCUT2D eigenvalue weighted by Crippen LogP contribution is -2.47. The number of carbonyl (C=O) groups is 3. The number of carboxylic acid groups (broad SMARTS) is 1. The second kappa shape index (κ2) is 9.18. The van der Waals surface area contributed by atoms with E-state index >= 15 is 0 Å². The zero-order valence-corrected chi connectivity index (χ0v) is 11.7. The van der Waals surface area contributed by atoms with Crippen molar-refractivity contribution in [3.63, 3.8) is 0 Å². The third-order valence-electron chi connectivity index (χ3n) is 2.37. The van der Waals surface area contributed by atoms with Crippen LogP contribution in [0.5, 0.6) is 0 Å². The molecule has 0 saturated heterocycles. The lowest BCUT2D eigenvalue weighted by molar-refractivity contribution is -0.143. The third-order valence-corrected chi connectivity index (χ3v) is 2.37. The molecule has 0 rings (SSSR count). The number of ether oxygens (including phenoxy) is 1. The van der Waals surface area contributed by atoms with Crippen molar-refractivity contribution in [1.82, 2.24) is 9.80 Å². The van der Waals surface area contributed by atoms with Gasteiger partial charge in [0.1, 0.15) is 13.1 Å². The summed E-state index contributed by atoms with van der Waals surface area (Å²) in [6.07, 6.45) is 0.649. The number of amides is 2. The van der Waals surface area contributed by atoms with Gasteiger partial charge in [-0.15, -0.1) is 0 Å². The van der Waals surface area contributed by atoms with Crippen molar-refractivity contribution in [2.45, 2.75) is 27.2 Å². The molecule has 0 saturated carbocycles. The summed E-state index contributed by atoms with van der Waals surface area (Å²) in [5.74, 6) is -1.57. The molecule has 7 heteroatoms. The molecule has 0 bridgehead atoms. The molecule has 2 amide bonds. The molecule has 0 heterocycles. The first-order valence-corrected chi connectivity index (χ1v) is 6.37. The zero-order valence-electron chi connectivity index (χ0n) is 11.7. The van der Waals surface area contributed by atoms with Crippen LogP contribution in [-0.4, -0.2) is 65.7 Å². The SMILES string of the molecule is CCCN(CC(=O)O)C(=O)N(CC)CC(=O)OCC. The molecule has 0 atom stereocenters. The second-order valence-electron chi connectivity index (χ2n) is 3.92. The average molecular weight is 274 g/mol. The molecule has 0 aliphatic rings. The number of carbonyl (C=O) groups excluding carboxylic acids is 2. The molecule has 0 unspecified atom stereocenters. The van der Waals surface area contributed by atoms with E-state index in [4.69, 9.17) is 9.84 Å². The highest BCUT2D eigenvalue weighted by Gasteiger charge is 2.23. The summed E-state index contributed by atoms with van der Waals surface area (Å²) in [6.45, 7) is 5.63. The van der Waals surface area contributed by atoms with Crippen LogP contribution in [-0.2, 0) is 14.3 Å². The van der Waals surface area contributed by atoms with Crippen LogP contribution in [0.2, 0.25) is 0 Å².